The summed E-state index contributed by atoms with van der Waals surface area (Å²) in [6.45, 7) is 2.96. The molecule has 2 nitrogen and oxygen atoms in total. The van der Waals surface area contributed by atoms with Crippen LogP contribution in [0.1, 0.15) is 10.4 Å². The molecule has 2 rings (SSSR count). The third kappa shape index (κ3) is 3.32. The molecule has 0 aliphatic carbocycles. The zero-order chi connectivity index (χ0) is 11.4. The second-order valence-corrected chi connectivity index (χ2v) is 6.15. The van der Waals surface area contributed by atoms with E-state index in [1.807, 2.05) is 19.2 Å². The van der Waals surface area contributed by atoms with E-state index in [0.717, 1.165) is 18.8 Å². The lowest BCUT2D eigenvalue weighted by atomic mass is 10.3. The fourth-order valence-electron chi connectivity index (χ4n) is 1.37. The van der Waals surface area contributed by atoms with Crippen LogP contribution in [0.5, 0.6) is 0 Å². The molecule has 1 N–H and O–H groups in total. The Kier molecular flexibility index (Phi) is 3.96. The molecular weight excluding hydrogens is 284 g/mol. The van der Waals surface area contributed by atoms with Crippen LogP contribution in [0.15, 0.2) is 34.2 Å². The summed E-state index contributed by atoms with van der Waals surface area (Å²) in [6.07, 6.45) is 2.91. The summed E-state index contributed by atoms with van der Waals surface area (Å²) >= 11 is 5.24. The van der Waals surface area contributed by atoms with Gasteiger partial charge in [0.1, 0.15) is 5.82 Å². The van der Waals surface area contributed by atoms with Crippen molar-refractivity contribution >= 4 is 33.1 Å². The Morgan fingerprint density at radius 1 is 1.31 bits per heavy atom. The Morgan fingerprint density at radius 3 is 2.81 bits per heavy atom. The summed E-state index contributed by atoms with van der Waals surface area (Å²) in [7, 11) is 0. The first-order valence-electron chi connectivity index (χ1n) is 5.15. The maximum absolute atomic E-state index is 4.30. The van der Waals surface area contributed by atoms with E-state index in [4.69, 9.17) is 0 Å². The van der Waals surface area contributed by atoms with Crippen LogP contribution in [0, 0.1) is 6.92 Å². The summed E-state index contributed by atoms with van der Waals surface area (Å²) in [5, 5.41) is 3.31. The lowest BCUT2D eigenvalue weighted by Gasteiger charge is -2.04. The van der Waals surface area contributed by atoms with Crippen molar-refractivity contribution in [3.05, 3.63) is 44.7 Å². The summed E-state index contributed by atoms with van der Waals surface area (Å²) in [6, 6.07) is 8.32. The number of nitrogens with zero attached hydrogens (tertiary/aromatic N) is 1. The minimum Gasteiger partial charge on any atom is -0.370 e. The van der Waals surface area contributed by atoms with Gasteiger partial charge in [-0.3, -0.25) is 0 Å². The van der Waals surface area contributed by atoms with Crippen LogP contribution in [0.3, 0.4) is 0 Å². The van der Waals surface area contributed by atoms with Gasteiger partial charge >= 0.3 is 0 Å². The fourth-order valence-corrected chi connectivity index (χ4v) is 2.85. The van der Waals surface area contributed by atoms with Crippen LogP contribution in [-0.2, 0) is 6.42 Å². The van der Waals surface area contributed by atoms with E-state index in [-0.39, 0.29) is 0 Å². The Labute approximate surface area is 108 Å². The van der Waals surface area contributed by atoms with Crippen LogP contribution in [0.2, 0.25) is 0 Å². The predicted octanol–water partition coefficient (Wildman–Crippen LogP) is 3.87. The van der Waals surface area contributed by atoms with Crippen LogP contribution in [-0.4, -0.2) is 11.5 Å². The van der Waals surface area contributed by atoms with E-state index in [9.17, 15) is 0 Å². The average molecular weight is 297 g/mol. The van der Waals surface area contributed by atoms with Crippen LogP contribution in [0.25, 0.3) is 0 Å². The molecule has 16 heavy (non-hydrogen) atoms. The SMILES string of the molecule is Cc1ccc(NCCc2ccc(Br)s2)nc1. The molecule has 0 radical (unpaired) electrons. The Balaban J connectivity index is 1.82. The van der Waals surface area contributed by atoms with E-state index in [1.54, 1.807) is 11.3 Å². The zero-order valence-electron chi connectivity index (χ0n) is 9.03. The van der Waals surface area contributed by atoms with Gasteiger partial charge in [-0.25, -0.2) is 4.98 Å². The molecule has 0 aliphatic heterocycles. The van der Waals surface area contributed by atoms with Gasteiger partial charge in [-0.2, -0.15) is 0 Å². The molecule has 0 fully saturated rings. The first-order chi connectivity index (χ1) is 7.74. The molecule has 0 spiro atoms. The van der Waals surface area contributed by atoms with Crippen molar-refractivity contribution in [2.75, 3.05) is 11.9 Å². The summed E-state index contributed by atoms with van der Waals surface area (Å²) < 4.78 is 1.19. The standard InChI is InChI=1S/C12H13BrN2S/c1-9-2-5-12(15-8-9)14-7-6-10-3-4-11(13)16-10/h2-5,8H,6-7H2,1H3,(H,14,15). The van der Waals surface area contributed by atoms with Crippen LogP contribution in [0.4, 0.5) is 5.82 Å². The third-order valence-electron chi connectivity index (χ3n) is 2.22. The van der Waals surface area contributed by atoms with Crippen molar-refractivity contribution < 1.29 is 0 Å². The minimum absolute atomic E-state index is 0.920. The molecule has 4 heteroatoms. The Morgan fingerprint density at radius 2 is 2.19 bits per heavy atom. The van der Waals surface area contributed by atoms with Gasteiger partial charge in [0, 0.05) is 17.6 Å². The lowest BCUT2D eigenvalue weighted by Crippen LogP contribution is -2.05. The molecule has 0 saturated heterocycles. The van der Waals surface area contributed by atoms with Crippen LogP contribution < -0.4 is 5.32 Å². The molecule has 2 heterocycles. The average Bonchev–Trinajstić information content (AvgIpc) is 2.67. The van der Waals surface area contributed by atoms with Gasteiger partial charge in [0.15, 0.2) is 0 Å². The number of rotatable bonds is 4. The molecule has 0 amide bonds. The molecule has 2 aromatic heterocycles. The maximum Gasteiger partial charge on any atom is 0.125 e. The van der Waals surface area contributed by atoms with Crippen LogP contribution >= 0.6 is 27.3 Å². The fraction of sp³-hybridized carbons (Fsp3) is 0.250. The molecule has 0 saturated carbocycles. The molecular formula is C12H13BrN2S. The number of pyridine rings is 1. The molecule has 0 aromatic carbocycles. The van der Waals surface area contributed by atoms with E-state index >= 15 is 0 Å². The topological polar surface area (TPSA) is 24.9 Å². The van der Waals surface area contributed by atoms with Crippen molar-refractivity contribution in [1.82, 2.24) is 4.98 Å². The molecule has 0 atom stereocenters. The Hall–Kier alpha value is -0.870. The second kappa shape index (κ2) is 5.46. The molecule has 0 bridgehead atoms. The van der Waals surface area contributed by atoms with Gasteiger partial charge in [0.05, 0.1) is 3.79 Å². The number of hydrogen-bond donors (Lipinski definition) is 1. The molecule has 2 aromatic rings. The summed E-state index contributed by atoms with van der Waals surface area (Å²) in [4.78, 5) is 5.68. The van der Waals surface area contributed by atoms with Gasteiger partial charge in [-0.05, 0) is 53.0 Å². The van der Waals surface area contributed by atoms with Crippen molar-refractivity contribution in [3.8, 4) is 0 Å². The predicted molar refractivity (Wildman–Crippen MR) is 73.2 cm³/mol. The van der Waals surface area contributed by atoms with E-state index < -0.39 is 0 Å². The monoisotopic (exact) mass is 296 g/mol. The lowest BCUT2D eigenvalue weighted by molar-refractivity contribution is 1.03. The highest BCUT2D eigenvalue weighted by atomic mass is 79.9. The van der Waals surface area contributed by atoms with Crippen molar-refractivity contribution in [1.29, 1.82) is 0 Å². The number of hydrogen-bond acceptors (Lipinski definition) is 3. The summed E-state index contributed by atoms with van der Waals surface area (Å²) in [5.41, 5.74) is 1.19. The van der Waals surface area contributed by atoms with E-state index in [0.29, 0.717) is 0 Å². The highest BCUT2D eigenvalue weighted by Gasteiger charge is 1.98. The number of halogens is 1. The Bertz CT molecular complexity index is 450. The van der Waals surface area contributed by atoms with E-state index in [2.05, 4.69) is 44.4 Å². The second-order valence-electron chi connectivity index (χ2n) is 3.60. The third-order valence-corrected chi connectivity index (χ3v) is 3.90. The van der Waals surface area contributed by atoms with Gasteiger partial charge < -0.3 is 5.32 Å². The van der Waals surface area contributed by atoms with Gasteiger partial charge in [0.25, 0.3) is 0 Å². The summed E-state index contributed by atoms with van der Waals surface area (Å²) in [5.74, 6) is 0.946. The molecule has 0 aliphatic rings. The number of nitrogens with one attached hydrogen (secondary N) is 1. The van der Waals surface area contributed by atoms with Crippen molar-refractivity contribution in [3.63, 3.8) is 0 Å². The number of anilines is 1. The highest BCUT2D eigenvalue weighted by molar-refractivity contribution is 9.11. The van der Waals surface area contributed by atoms with Crippen molar-refractivity contribution in [2.45, 2.75) is 13.3 Å². The first-order valence-corrected chi connectivity index (χ1v) is 6.76. The smallest absolute Gasteiger partial charge is 0.125 e. The molecule has 84 valence electrons. The first kappa shape index (κ1) is 11.6. The van der Waals surface area contributed by atoms with Gasteiger partial charge in [-0.1, -0.05) is 6.07 Å². The quantitative estimate of drug-likeness (QED) is 0.926. The zero-order valence-corrected chi connectivity index (χ0v) is 11.4. The maximum atomic E-state index is 4.30. The van der Waals surface area contributed by atoms with E-state index in [1.165, 1.54) is 14.2 Å². The molecule has 0 unspecified atom stereocenters. The normalized spacial score (nSPS) is 10.4. The minimum atomic E-state index is 0.920. The largest absolute Gasteiger partial charge is 0.370 e. The van der Waals surface area contributed by atoms with Gasteiger partial charge in [-0.15, -0.1) is 11.3 Å². The highest BCUT2D eigenvalue weighted by Crippen LogP contribution is 2.22. The van der Waals surface area contributed by atoms with Gasteiger partial charge in [0.2, 0.25) is 0 Å². The number of thiophene rings is 1. The number of aromatic nitrogens is 1. The number of aryl methyl sites for hydroxylation is 1. The van der Waals surface area contributed by atoms with Crippen molar-refractivity contribution in [2.24, 2.45) is 0 Å².